The van der Waals surface area contributed by atoms with Crippen LogP contribution in [0.2, 0.25) is 0 Å². The maximum atomic E-state index is 11.5. The predicted octanol–water partition coefficient (Wildman–Crippen LogP) is 0.977. The third kappa shape index (κ3) is 9.34. The van der Waals surface area contributed by atoms with E-state index >= 15 is 0 Å². The smallest absolute Gasteiger partial charge is 0.329 e. The van der Waals surface area contributed by atoms with Crippen LogP contribution in [0.15, 0.2) is 0 Å². The van der Waals surface area contributed by atoms with Crippen molar-refractivity contribution in [3.05, 3.63) is 0 Å². The van der Waals surface area contributed by atoms with E-state index in [4.69, 9.17) is 38.6 Å². The molecule has 14 nitrogen and oxygen atoms in total. The highest BCUT2D eigenvalue weighted by molar-refractivity contribution is 5.68. The molecule has 2 aliphatic rings. The van der Waals surface area contributed by atoms with Gasteiger partial charge < -0.3 is 59.1 Å². The number of hydrogen-bond acceptors (Lipinski definition) is 12. The van der Waals surface area contributed by atoms with Crippen LogP contribution in [0.5, 0.6) is 0 Å². The second kappa shape index (κ2) is 16.1. The average Bonchev–Trinajstić information content (AvgIpc) is 2.92. The normalized spacial score (nSPS) is 33.4. The molecule has 45 heavy (non-hydrogen) atoms. The standard InChI is InChI=1S/C31H56O14/c1-10-31(11-2,45-26-18(13-41-15-20(34)35)43-27(29(5,6)7)23(38)22(26)37)30(8,9)28-24(39)21(36)25(42-16(3)4)17(44-28)12-40-14-19(32)33/h16-18,21-28,36-39H,10-15H2,1-9H3,(H,32,33)(H,34,35). The maximum Gasteiger partial charge on any atom is 0.329 e. The quantitative estimate of drug-likeness (QED) is 0.137. The van der Waals surface area contributed by atoms with Crippen molar-refractivity contribution in [3.63, 3.8) is 0 Å². The van der Waals surface area contributed by atoms with Crippen LogP contribution in [0.3, 0.4) is 0 Å². The van der Waals surface area contributed by atoms with E-state index in [0.29, 0.717) is 12.8 Å². The molecular weight excluding hydrogens is 596 g/mol. The molecule has 0 aromatic rings. The minimum atomic E-state index is -1.46. The maximum absolute atomic E-state index is 11.5. The molecule has 10 atom stereocenters. The monoisotopic (exact) mass is 652 g/mol. The van der Waals surface area contributed by atoms with Gasteiger partial charge in [0, 0.05) is 5.41 Å². The van der Waals surface area contributed by atoms with Crippen molar-refractivity contribution in [2.24, 2.45) is 10.8 Å². The molecule has 0 aromatic carbocycles. The summed E-state index contributed by atoms with van der Waals surface area (Å²) in [6, 6.07) is 0. The molecule has 10 unspecified atom stereocenters. The van der Waals surface area contributed by atoms with Gasteiger partial charge in [0.15, 0.2) is 0 Å². The van der Waals surface area contributed by atoms with Crippen LogP contribution < -0.4 is 0 Å². The molecule has 2 aliphatic heterocycles. The molecule has 0 saturated carbocycles. The molecule has 0 aromatic heterocycles. The largest absolute Gasteiger partial charge is 0.480 e. The average molecular weight is 653 g/mol. The van der Waals surface area contributed by atoms with E-state index in [-0.39, 0.29) is 19.3 Å². The van der Waals surface area contributed by atoms with E-state index in [9.17, 15) is 30.0 Å². The summed E-state index contributed by atoms with van der Waals surface area (Å²) in [6.07, 6.45) is -11.4. The van der Waals surface area contributed by atoms with Gasteiger partial charge in [0.25, 0.3) is 0 Å². The first-order valence-corrected chi connectivity index (χ1v) is 15.7. The van der Waals surface area contributed by atoms with Crippen LogP contribution in [0.1, 0.15) is 75.2 Å². The van der Waals surface area contributed by atoms with E-state index in [0.717, 1.165) is 0 Å². The van der Waals surface area contributed by atoms with Gasteiger partial charge >= 0.3 is 11.9 Å². The van der Waals surface area contributed by atoms with Crippen LogP contribution >= 0.6 is 0 Å². The second-order valence-corrected chi connectivity index (χ2v) is 14.0. The number of aliphatic hydroxyl groups is 4. The lowest BCUT2D eigenvalue weighted by Crippen LogP contribution is -2.69. The van der Waals surface area contributed by atoms with Crippen molar-refractivity contribution in [2.75, 3.05) is 26.4 Å². The van der Waals surface area contributed by atoms with E-state index < -0.39 is 103 Å². The number of aliphatic hydroxyl groups excluding tert-OH is 4. The van der Waals surface area contributed by atoms with Gasteiger partial charge in [-0.3, -0.25) is 0 Å². The van der Waals surface area contributed by atoms with Crippen LogP contribution in [-0.4, -0.2) is 142 Å². The lowest BCUT2D eigenvalue weighted by molar-refractivity contribution is -0.325. The molecule has 264 valence electrons. The van der Waals surface area contributed by atoms with E-state index in [2.05, 4.69) is 0 Å². The fourth-order valence-corrected chi connectivity index (χ4v) is 6.61. The Bertz CT molecular complexity index is 945. The van der Waals surface area contributed by atoms with Crippen LogP contribution in [0.25, 0.3) is 0 Å². The first kappa shape index (κ1) is 39.7. The SMILES string of the molecule is CCC(CC)(OC1C(COCC(=O)O)OC(C(C)(C)C)C(O)C1O)C(C)(C)C1OC(COCC(=O)O)C(OC(C)C)C(O)C1O. The Labute approximate surface area is 265 Å². The fourth-order valence-electron chi connectivity index (χ4n) is 6.61. The molecule has 2 heterocycles. The highest BCUT2D eigenvalue weighted by atomic mass is 16.6. The van der Waals surface area contributed by atoms with Crippen molar-refractivity contribution in [1.29, 1.82) is 0 Å². The number of carboxylic acid groups (broad SMARTS) is 2. The van der Waals surface area contributed by atoms with Gasteiger partial charge in [-0.15, -0.1) is 0 Å². The number of ether oxygens (including phenoxy) is 6. The third-order valence-electron chi connectivity index (χ3n) is 9.06. The number of hydrogen-bond donors (Lipinski definition) is 6. The predicted molar refractivity (Wildman–Crippen MR) is 160 cm³/mol. The fraction of sp³-hybridized carbons (Fsp3) is 0.935. The molecule has 2 saturated heterocycles. The highest BCUT2D eigenvalue weighted by Gasteiger charge is 2.60. The minimum absolute atomic E-state index is 0.231. The van der Waals surface area contributed by atoms with Gasteiger partial charge in [-0.25, -0.2) is 9.59 Å². The summed E-state index contributed by atoms with van der Waals surface area (Å²) in [5.74, 6) is -2.36. The Morgan fingerprint density at radius 2 is 1.13 bits per heavy atom. The first-order valence-electron chi connectivity index (χ1n) is 15.7. The minimum Gasteiger partial charge on any atom is -0.480 e. The molecule has 0 aliphatic carbocycles. The van der Waals surface area contributed by atoms with Crippen molar-refractivity contribution in [1.82, 2.24) is 0 Å². The lowest BCUT2D eigenvalue weighted by Gasteiger charge is -2.57. The Balaban J connectivity index is 2.50. The molecule has 0 bridgehead atoms. The van der Waals surface area contributed by atoms with Gasteiger partial charge in [-0.1, -0.05) is 48.5 Å². The summed E-state index contributed by atoms with van der Waals surface area (Å²) < 4.78 is 35.9. The van der Waals surface area contributed by atoms with E-state index in [1.807, 2.05) is 34.6 Å². The summed E-state index contributed by atoms with van der Waals surface area (Å²) in [5, 5.41) is 63.5. The summed E-state index contributed by atoms with van der Waals surface area (Å²) in [5.41, 5.74) is -2.88. The topological polar surface area (TPSA) is 211 Å². The molecule has 0 amide bonds. The Hall–Kier alpha value is -1.46. The zero-order valence-electron chi connectivity index (χ0n) is 28.0. The third-order valence-corrected chi connectivity index (χ3v) is 9.06. The number of aliphatic carboxylic acids is 2. The summed E-state index contributed by atoms with van der Waals surface area (Å²) in [7, 11) is 0. The summed E-state index contributed by atoms with van der Waals surface area (Å²) >= 11 is 0. The molecular formula is C31H56O14. The number of carboxylic acids is 2. The zero-order chi connectivity index (χ0) is 34.5. The van der Waals surface area contributed by atoms with Crippen molar-refractivity contribution in [2.45, 2.75) is 148 Å². The van der Waals surface area contributed by atoms with Crippen LogP contribution in [0, 0.1) is 10.8 Å². The number of rotatable bonds is 16. The van der Waals surface area contributed by atoms with Gasteiger partial charge in [0.05, 0.1) is 37.1 Å². The number of carbonyl (C=O) groups is 2. The van der Waals surface area contributed by atoms with Crippen molar-refractivity contribution < 1.29 is 68.6 Å². The molecule has 14 heteroatoms. The second-order valence-electron chi connectivity index (χ2n) is 14.0. The van der Waals surface area contributed by atoms with E-state index in [1.165, 1.54) is 0 Å². The summed E-state index contributed by atoms with van der Waals surface area (Å²) in [6.45, 7) is 14.7. The Morgan fingerprint density at radius 1 is 0.711 bits per heavy atom. The lowest BCUT2D eigenvalue weighted by atomic mass is 9.64. The molecule has 2 rings (SSSR count). The van der Waals surface area contributed by atoms with Gasteiger partial charge in [0.1, 0.15) is 62.0 Å². The van der Waals surface area contributed by atoms with Gasteiger partial charge in [0.2, 0.25) is 0 Å². The van der Waals surface area contributed by atoms with Crippen molar-refractivity contribution in [3.8, 4) is 0 Å². The van der Waals surface area contributed by atoms with E-state index in [1.54, 1.807) is 27.7 Å². The van der Waals surface area contributed by atoms with Gasteiger partial charge in [-0.05, 0) is 32.1 Å². The molecule has 0 radical (unpaired) electrons. The van der Waals surface area contributed by atoms with Crippen LogP contribution in [0.4, 0.5) is 0 Å². The summed E-state index contributed by atoms with van der Waals surface area (Å²) in [4.78, 5) is 22.3. The highest BCUT2D eigenvalue weighted by Crippen LogP contribution is 2.49. The molecule has 2 fully saturated rings. The van der Waals surface area contributed by atoms with Crippen molar-refractivity contribution >= 4 is 11.9 Å². The Morgan fingerprint density at radius 3 is 1.56 bits per heavy atom. The zero-order valence-corrected chi connectivity index (χ0v) is 28.0. The van der Waals surface area contributed by atoms with Crippen LogP contribution in [-0.2, 0) is 38.0 Å². The molecule has 0 spiro atoms. The molecule has 6 N–H and O–H groups in total. The van der Waals surface area contributed by atoms with Gasteiger partial charge in [-0.2, -0.15) is 0 Å². The first-order chi connectivity index (χ1) is 20.7. The Kier molecular flexibility index (Phi) is 14.2.